The number of amides is 1. The van der Waals surface area contributed by atoms with E-state index in [-0.39, 0.29) is 23.0 Å². The number of aliphatic hydroxyl groups excluding tert-OH is 1. The molecule has 2 aromatic heterocycles. The SMILES string of the molecule is O=C(C1=C(O)C(=O)N(c2nc3ccccc3[nH]2)C1c1ccc(O)cc1)c1cc2cc(Cl)ccc2o1. The Morgan fingerprint density at radius 3 is 2.57 bits per heavy atom. The summed E-state index contributed by atoms with van der Waals surface area (Å²) < 4.78 is 5.73. The molecule has 0 saturated heterocycles. The Bertz CT molecular complexity index is 1650. The van der Waals surface area contributed by atoms with E-state index in [0.717, 1.165) is 0 Å². The number of rotatable bonds is 4. The molecule has 3 heterocycles. The molecule has 1 aliphatic rings. The number of furan rings is 1. The van der Waals surface area contributed by atoms with E-state index >= 15 is 0 Å². The largest absolute Gasteiger partial charge is 0.508 e. The number of phenolic OH excluding ortho intramolecular Hbond substituents is 1. The van der Waals surface area contributed by atoms with Crippen molar-refractivity contribution in [2.75, 3.05) is 4.90 Å². The zero-order valence-electron chi connectivity index (χ0n) is 17.9. The fourth-order valence-electron chi connectivity index (χ4n) is 4.34. The maximum atomic E-state index is 13.7. The van der Waals surface area contributed by atoms with Crippen LogP contribution in [0.25, 0.3) is 22.0 Å². The van der Waals surface area contributed by atoms with Crippen LogP contribution in [0.4, 0.5) is 5.95 Å². The molecule has 9 heteroatoms. The van der Waals surface area contributed by atoms with Gasteiger partial charge in [0.1, 0.15) is 11.3 Å². The van der Waals surface area contributed by atoms with Gasteiger partial charge in [-0.15, -0.1) is 0 Å². The molecule has 1 unspecified atom stereocenters. The van der Waals surface area contributed by atoms with Crippen LogP contribution in [-0.4, -0.2) is 31.9 Å². The lowest BCUT2D eigenvalue weighted by Gasteiger charge is -2.24. The molecular formula is C26H16ClN3O5. The van der Waals surface area contributed by atoms with Gasteiger partial charge in [-0.2, -0.15) is 0 Å². The maximum absolute atomic E-state index is 13.7. The Hall–Kier alpha value is -4.56. The number of aromatic hydroxyl groups is 1. The minimum absolute atomic E-state index is 0.0172. The number of para-hydroxylation sites is 2. The predicted octanol–water partition coefficient (Wildman–Crippen LogP) is 5.45. The number of benzene rings is 3. The predicted molar refractivity (Wildman–Crippen MR) is 130 cm³/mol. The van der Waals surface area contributed by atoms with E-state index in [2.05, 4.69) is 9.97 Å². The van der Waals surface area contributed by atoms with Gasteiger partial charge in [-0.3, -0.25) is 14.5 Å². The van der Waals surface area contributed by atoms with E-state index in [1.165, 1.54) is 23.1 Å². The van der Waals surface area contributed by atoms with Gasteiger partial charge in [0, 0.05) is 10.4 Å². The number of nitrogens with one attached hydrogen (secondary N) is 1. The Kier molecular flexibility index (Phi) is 4.65. The molecule has 1 amide bonds. The number of halogens is 1. The van der Waals surface area contributed by atoms with Gasteiger partial charge in [0.25, 0.3) is 5.91 Å². The summed E-state index contributed by atoms with van der Waals surface area (Å²) in [5.74, 6) is -2.01. The summed E-state index contributed by atoms with van der Waals surface area (Å²) in [6.45, 7) is 0. The number of anilines is 1. The first-order valence-electron chi connectivity index (χ1n) is 10.6. The summed E-state index contributed by atoms with van der Waals surface area (Å²) in [7, 11) is 0. The van der Waals surface area contributed by atoms with Gasteiger partial charge in [-0.05, 0) is 54.1 Å². The monoisotopic (exact) mass is 485 g/mol. The number of ketones is 1. The summed E-state index contributed by atoms with van der Waals surface area (Å²) in [5.41, 5.74) is 2.08. The number of Topliss-reactive ketones (excluding diaryl/α,β-unsaturated/α-hetero) is 1. The van der Waals surface area contributed by atoms with E-state index in [1.807, 2.05) is 12.1 Å². The lowest BCUT2D eigenvalue weighted by Crippen LogP contribution is -2.32. The normalized spacial score (nSPS) is 16.1. The van der Waals surface area contributed by atoms with Gasteiger partial charge < -0.3 is 19.6 Å². The molecule has 3 aromatic carbocycles. The van der Waals surface area contributed by atoms with E-state index in [9.17, 15) is 19.8 Å². The quantitative estimate of drug-likeness (QED) is 0.291. The number of aromatic nitrogens is 2. The molecule has 0 aliphatic carbocycles. The Balaban J connectivity index is 1.51. The first-order chi connectivity index (χ1) is 16.9. The third-order valence-electron chi connectivity index (χ3n) is 5.97. The number of imidazole rings is 1. The second-order valence-corrected chi connectivity index (χ2v) is 8.57. The highest BCUT2D eigenvalue weighted by atomic mass is 35.5. The van der Waals surface area contributed by atoms with Crippen molar-refractivity contribution < 1.29 is 24.2 Å². The fraction of sp³-hybridized carbons (Fsp3) is 0.0385. The summed E-state index contributed by atoms with van der Waals surface area (Å²) >= 11 is 6.06. The molecular weight excluding hydrogens is 470 g/mol. The van der Waals surface area contributed by atoms with Gasteiger partial charge in [0.15, 0.2) is 11.5 Å². The van der Waals surface area contributed by atoms with Crippen LogP contribution in [-0.2, 0) is 4.79 Å². The zero-order chi connectivity index (χ0) is 24.3. The van der Waals surface area contributed by atoms with Gasteiger partial charge in [0.2, 0.25) is 11.7 Å². The van der Waals surface area contributed by atoms with Crippen LogP contribution < -0.4 is 4.90 Å². The Morgan fingerprint density at radius 1 is 1.03 bits per heavy atom. The van der Waals surface area contributed by atoms with Crippen LogP contribution in [0.5, 0.6) is 5.75 Å². The Labute approximate surface area is 202 Å². The molecule has 0 radical (unpaired) electrons. The number of nitrogens with zero attached hydrogens (tertiary/aromatic N) is 2. The van der Waals surface area contributed by atoms with E-state index < -0.39 is 23.5 Å². The number of carbonyl (C=O) groups is 2. The number of hydrogen-bond acceptors (Lipinski definition) is 6. The highest BCUT2D eigenvalue weighted by Gasteiger charge is 2.46. The van der Waals surface area contributed by atoms with Crippen LogP contribution in [0, 0.1) is 0 Å². The lowest BCUT2D eigenvalue weighted by molar-refractivity contribution is -0.117. The smallest absolute Gasteiger partial charge is 0.296 e. The standard InChI is InChI=1S/C26H16ClN3O5/c27-15-7-10-19-14(11-15)12-20(35-19)23(32)21-22(13-5-8-16(31)9-6-13)30(25(34)24(21)33)26-28-17-3-1-2-4-18(17)29-26/h1-12,22,31,33H,(H,28,29). The molecule has 1 aliphatic heterocycles. The summed E-state index contributed by atoms with van der Waals surface area (Å²) in [4.78, 5) is 35.8. The van der Waals surface area contributed by atoms with Gasteiger partial charge in [0.05, 0.1) is 22.6 Å². The Morgan fingerprint density at radius 2 is 1.80 bits per heavy atom. The van der Waals surface area contributed by atoms with Crippen molar-refractivity contribution >= 4 is 51.2 Å². The zero-order valence-corrected chi connectivity index (χ0v) is 18.7. The van der Waals surface area contributed by atoms with Crippen molar-refractivity contribution in [3.63, 3.8) is 0 Å². The van der Waals surface area contributed by atoms with Gasteiger partial charge in [-0.1, -0.05) is 35.9 Å². The lowest BCUT2D eigenvalue weighted by atomic mass is 9.95. The van der Waals surface area contributed by atoms with Crippen LogP contribution in [0.15, 0.2) is 88.5 Å². The number of aliphatic hydroxyl groups is 1. The van der Waals surface area contributed by atoms with Crippen molar-refractivity contribution in [3.05, 3.63) is 100 Å². The molecule has 0 spiro atoms. The van der Waals surface area contributed by atoms with Crippen molar-refractivity contribution in [2.24, 2.45) is 0 Å². The van der Waals surface area contributed by atoms with Crippen LogP contribution in [0.1, 0.15) is 22.2 Å². The number of H-pyrrole nitrogens is 1. The highest BCUT2D eigenvalue weighted by Crippen LogP contribution is 2.42. The number of fused-ring (bicyclic) bond motifs is 2. The van der Waals surface area contributed by atoms with Crippen molar-refractivity contribution in [3.8, 4) is 5.75 Å². The molecule has 6 rings (SSSR count). The maximum Gasteiger partial charge on any atom is 0.296 e. The first-order valence-corrected chi connectivity index (χ1v) is 11.0. The van der Waals surface area contributed by atoms with Crippen LogP contribution in [0.2, 0.25) is 5.02 Å². The van der Waals surface area contributed by atoms with Crippen LogP contribution >= 0.6 is 11.6 Å². The molecule has 0 bridgehead atoms. The summed E-state index contributed by atoms with van der Waals surface area (Å²) in [6.07, 6.45) is 0. The van der Waals surface area contributed by atoms with E-state index in [1.54, 1.807) is 42.5 Å². The average Bonchev–Trinajstić information content (AvgIpc) is 3.53. The molecule has 0 saturated carbocycles. The van der Waals surface area contributed by atoms with E-state index in [0.29, 0.717) is 32.6 Å². The molecule has 35 heavy (non-hydrogen) atoms. The number of phenols is 1. The molecule has 0 fully saturated rings. The second-order valence-electron chi connectivity index (χ2n) is 8.13. The molecule has 8 nitrogen and oxygen atoms in total. The number of hydrogen-bond donors (Lipinski definition) is 3. The molecule has 5 aromatic rings. The topological polar surface area (TPSA) is 120 Å². The van der Waals surface area contributed by atoms with Gasteiger partial charge >= 0.3 is 0 Å². The number of carbonyl (C=O) groups excluding carboxylic acids is 2. The van der Waals surface area contributed by atoms with Crippen LogP contribution in [0.3, 0.4) is 0 Å². The van der Waals surface area contributed by atoms with Crippen molar-refractivity contribution in [2.45, 2.75) is 6.04 Å². The highest BCUT2D eigenvalue weighted by molar-refractivity contribution is 6.31. The third-order valence-corrected chi connectivity index (χ3v) is 6.20. The second kappa shape index (κ2) is 7.75. The minimum Gasteiger partial charge on any atom is -0.508 e. The van der Waals surface area contributed by atoms with E-state index in [4.69, 9.17) is 16.0 Å². The average molecular weight is 486 g/mol. The minimum atomic E-state index is -1.02. The first kappa shape index (κ1) is 21.0. The van der Waals surface area contributed by atoms with Gasteiger partial charge in [-0.25, -0.2) is 4.98 Å². The summed E-state index contributed by atoms with van der Waals surface area (Å²) in [6, 6.07) is 18.7. The fourth-order valence-corrected chi connectivity index (χ4v) is 4.52. The molecule has 3 N–H and O–H groups in total. The number of aromatic amines is 1. The third kappa shape index (κ3) is 3.34. The molecule has 172 valence electrons. The van der Waals surface area contributed by atoms with Crippen molar-refractivity contribution in [1.82, 2.24) is 9.97 Å². The molecule has 1 atom stereocenters. The van der Waals surface area contributed by atoms with Crippen molar-refractivity contribution in [1.29, 1.82) is 0 Å². The summed E-state index contributed by atoms with van der Waals surface area (Å²) in [5, 5.41) is 21.8.